The number of nitrogens with two attached hydrogens (primary N) is 1. The quantitative estimate of drug-likeness (QED) is 0.890. The Kier molecular flexibility index (Phi) is 5.81. The van der Waals surface area contributed by atoms with Crippen LogP contribution < -0.4 is 5.73 Å². The molecule has 0 spiro atoms. The van der Waals surface area contributed by atoms with Crippen molar-refractivity contribution in [3.63, 3.8) is 0 Å². The molecule has 0 saturated carbocycles. The topological polar surface area (TPSA) is 29.3 Å². The highest BCUT2D eigenvalue weighted by Gasteiger charge is 2.25. The van der Waals surface area contributed by atoms with Crippen molar-refractivity contribution in [2.24, 2.45) is 17.6 Å². The monoisotopic (exact) mass is 272 g/mol. The lowest BCUT2D eigenvalue weighted by Crippen LogP contribution is -2.47. The molecule has 2 heteroatoms. The summed E-state index contributed by atoms with van der Waals surface area (Å²) >= 11 is 0. The molecule has 1 aromatic carbocycles. The Morgan fingerprint density at radius 3 is 2.45 bits per heavy atom. The van der Waals surface area contributed by atoms with Gasteiger partial charge in [-0.05, 0) is 30.2 Å². The maximum atomic E-state index is 6.00. The molecule has 1 saturated heterocycles. The van der Waals surface area contributed by atoms with Gasteiger partial charge in [-0.2, -0.15) is 0 Å². The Morgan fingerprint density at radius 2 is 1.85 bits per heavy atom. The van der Waals surface area contributed by atoms with Gasteiger partial charge in [-0.1, -0.05) is 56.3 Å². The summed E-state index contributed by atoms with van der Waals surface area (Å²) in [5, 5.41) is 0. The normalized spacial score (nSPS) is 25.9. The van der Waals surface area contributed by atoms with Crippen LogP contribution in [-0.2, 0) is 0 Å². The molecule has 1 heterocycles. The Bertz CT molecular complexity index is 403. The van der Waals surface area contributed by atoms with E-state index in [0.717, 1.165) is 24.8 Å². The summed E-state index contributed by atoms with van der Waals surface area (Å²) in [7, 11) is 0. The molecule has 2 rings (SSSR count). The van der Waals surface area contributed by atoms with Gasteiger partial charge in [0.25, 0.3) is 0 Å². The molecule has 3 atom stereocenters. The smallest absolute Gasteiger partial charge is 0.0253 e. The first-order valence-electron chi connectivity index (χ1n) is 7.84. The highest BCUT2D eigenvalue weighted by atomic mass is 15.2. The van der Waals surface area contributed by atoms with Gasteiger partial charge in [0.2, 0.25) is 0 Å². The average Bonchev–Trinajstić information content (AvgIpc) is 2.43. The van der Waals surface area contributed by atoms with Gasteiger partial charge in [-0.3, -0.25) is 4.90 Å². The zero-order chi connectivity index (χ0) is 14.4. The van der Waals surface area contributed by atoms with Crippen LogP contribution in [0.4, 0.5) is 0 Å². The number of benzene rings is 1. The van der Waals surface area contributed by atoms with E-state index in [0.29, 0.717) is 6.04 Å². The van der Waals surface area contributed by atoms with E-state index in [1.165, 1.54) is 25.1 Å². The highest BCUT2D eigenvalue weighted by molar-refractivity contribution is 5.48. The lowest BCUT2D eigenvalue weighted by Gasteiger charge is -2.39. The molecule has 0 amide bonds. The second-order valence-electron chi connectivity index (χ2n) is 6.34. The standard InChI is InChI=1S/C18H28N2/c1-15-11-16(2)14-20(13-15)18(12-19)10-6-9-17-7-4-3-5-8-17/h3-9,15-16,18H,10-14,19H2,1-2H3/b9-6-. The van der Waals surface area contributed by atoms with Crippen molar-refractivity contribution in [1.82, 2.24) is 4.90 Å². The van der Waals surface area contributed by atoms with E-state index < -0.39 is 0 Å². The van der Waals surface area contributed by atoms with E-state index in [2.05, 4.69) is 61.2 Å². The molecule has 0 aliphatic carbocycles. The Hall–Kier alpha value is -1.12. The minimum absolute atomic E-state index is 0.486. The fourth-order valence-electron chi connectivity index (χ4n) is 3.33. The molecular weight excluding hydrogens is 244 g/mol. The summed E-state index contributed by atoms with van der Waals surface area (Å²) < 4.78 is 0. The van der Waals surface area contributed by atoms with Gasteiger partial charge in [-0.15, -0.1) is 0 Å². The van der Waals surface area contributed by atoms with Crippen molar-refractivity contribution in [3.05, 3.63) is 42.0 Å². The van der Waals surface area contributed by atoms with Gasteiger partial charge in [0.1, 0.15) is 0 Å². The summed E-state index contributed by atoms with van der Waals surface area (Å²) in [6.45, 7) is 7.86. The van der Waals surface area contributed by atoms with E-state index >= 15 is 0 Å². The van der Waals surface area contributed by atoms with Gasteiger partial charge < -0.3 is 5.73 Å². The van der Waals surface area contributed by atoms with Crippen LogP contribution >= 0.6 is 0 Å². The van der Waals surface area contributed by atoms with Crippen LogP contribution in [0.5, 0.6) is 0 Å². The van der Waals surface area contributed by atoms with Crippen molar-refractivity contribution >= 4 is 6.08 Å². The molecule has 1 aromatic rings. The summed E-state index contributed by atoms with van der Waals surface area (Å²) in [4.78, 5) is 2.59. The molecule has 3 unspecified atom stereocenters. The third-order valence-electron chi connectivity index (χ3n) is 4.20. The van der Waals surface area contributed by atoms with Gasteiger partial charge >= 0.3 is 0 Å². The fraction of sp³-hybridized carbons (Fsp3) is 0.556. The van der Waals surface area contributed by atoms with Crippen molar-refractivity contribution in [1.29, 1.82) is 0 Å². The zero-order valence-electron chi connectivity index (χ0n) is 12.8. The van der Waals surface area contributed by atoms with Gasteiger partial charge in [0.05, 0.1) is 0 Å². The van der Waals surface area contributed by atoms with Crippen LogP contribution in [-0.4, -0.2) is 30.6 Å². The molecule has 20 heavy (non-hydrogen) atoms. The molecule has 0 bridgehead atoms. The van der Waals surface area contributed by atoms with Crippen molar-refractivity contribution in [2.45, 2.75) is 32.7 Å². The lowest BCUT2D eigenvalue weighted by molar-refractivity contribution is 0.0995. The predicted octanol–water partition coefficient (Wildman–Crippen LogP) is 3.40. The first-order chi connectivity index (χ1) is 9.69. The molecule has 1 fully saturated rings. The van der Waals surface area contributed by atoms with E-state index in [9.17, 15) is 0 Å². The lowest BCUT2D eigenvalue weighted by atomic mass is 9.90. The van der Waals surface area contributed by atoms with Crippen molar-refractivity contribution in [2.75, 3.05) is 19.6 Å². The summed E-state index contributed by atoms with van der Waals surface area (Å²) in [5.74, 6) is 1.59. The number of likely N-dealkylation sites (tertiary alicyclic amines) is 1. The summed E-state index contributed by atoms with van der Waals surface area (Å²) in [5.41, 5.74) is 7.27. The second kappa shape index (κ2) is 7.61. The Labute approximate surface area is 123 Å². The maximum Gasteiger partial charge on any atom is 0.0253 e. The minimum atomic E-state index is 0.486. The van der Waals surface area contributed by atoms with Gasteiger partial charge in [0, 0.05) is 25.7 Å². The Balaban J connectivity index is 1.90. The molecular formula is C18H28N2. The average molecular weight is 272 g/mol. The van der Waals surface area contributed by atoms with Crippen molar-refractivity contribution < 1.29 is 0 Å². The minimum Gasteiger partial charge on any atom is -0.329 e. The highest BCUT2D eigenvalue weighted by Crippen LogP contribution is 2.23. The third-order valence-corrected chi connectivity index (χ3v) is 4.20. The van der Waals surface area contributed by atoms with Crippen LogP contribution in [0.2, 0.25) is 0 Å². The predicted molar refractivity (Wildman–Crippen MR) is 87.5 cm³/mol. The van der Waals surface area contributed by atoms with Crippen LogP contribution in [0.1, 0.15) is 32.3 Å². The van der Waals surface area contributed by atoms with E-state index in [1.54, 1.807) is 0 Å². The van der Waals surface area contributed by atoms with Crippen LogP contribution in [0.3, 0.4) is 0 Å². The number of rotatable bonds is 5. The molecule has 0 radical (unpaired) electrons. The van der Waals surface area contributed by atoms with E-state index in [4.69, 9.17) is 5.73 Å². The maximum absolute atomic E-state index is 6.00. The first-order valence-corrected chi connectivity index (χ1v) is 7.84. The number of hydrogen-bond acceptors (Lipinski definition) is 2. The molecule has 2 N–H and O–H groups in total. The van der Waals surface area contributed by atoms with Crippen LogP contribution in [0.25, 0.3) is 6.08 Å². The molecule has 1 aliphatic heterocycles. The molecule has 110 valence electrons. The second-order valence-corrected chi connectivity index (χ2v) is 6.34. The number of hydrogen-bond donors (Lipinski definition) is 1. The molecule has 2 nitrogen and oxygen atoms in total. The fourth-order valence-corrected chi connectivity index (χ4v) is 3.33. The number of piperidine rings is 1. The summed E-state index contributed by atoms with van der Waals surface area (Å²) in [6.07, 6.45) is 6.88. The third kappa shape index (κ3) is 4.46. The molecule has 1 aliphatic rings. The van der Waals surface area contributed by atoms with E-state index in [-0.39, 0.29) is 0 Å². The van der Waals surface area contributed by atoms with Gasteiger partial charge in [-0.25, -0.2) is 0 Å². The summed E-state index contributed by atoms with van der Waals surface area (Å²) in [6, 6.07) is 11.0. The SMILES string of the molecule is CC1CC(C)CN(C(CN)C/C=C\c2ccccc2)C1. The van der Waals surface area contributed by atoms with Crippen molar-refractivity contribution in [3.8, 4) is 0 Å². The number of nitrogens with zero attached hydrogens (tertiary/aromatic N) is 1. The van der Waals surface area contributed by atoms with Gasteiger partial charge in [0.15, 0.2) is 0 Å². The first kappa shape index (κ1) is 15.3. The largest absolute Gasteiger partial charge is 0.329 e. The van der Waals surface area contributed by atoms with E-state index in [1.807, 2.05) is 0 Å². The Morgan fingerprint density at radius 1 is 1.20 bits per heavy atom. The van der Waals surface area contributed by atoms with Crippen LogP contribution in [0, 0.1) is 11.8 Å². The zero-order valence-corrected chi connectivity index (χ0v) is 12.8. The van der Waals surface area contributed by atoms with Crippen LogP contribution in [0.15, 0.2) is 36.4 Å². The molecule has 0 aromatic heterocycles.